The minimum atomic E-state index is -4.66. The van der Waals surface area contributed by atoms with Crippen molar-refractivity contribution in [3.05, 3.63) is 20.4 Å². The molecule has 3 aliphatic heterocycles. The van der Waals surface area contributed by atoms with Gasteiger partial charge in [0.1, 0.15) is 36.2 Å². The van der Waals surface area contributed by atoms with E-state index in [4.69, 9.17) is 37.7 Å². The number of aliphatic hydroxyl groups excluding tert-OH is 3. The van der Waals surface area contributed by atoms with Gasteiger partial charge in [-0.3, -0.25) is 14.2 Å². The first-order valence-corrected chi connectivity index (χ1v) is 15.1. The number of aliphatic hydroxyl groups is 3. The summed E-state index contributed by atoms with van der Waals surface area (Å²) in [6.07, 6.45) is -10.6. The number of hydrogen-bond acceptors (Lipinski definition) is 17. The van der Waals surface area contributed by atoms with Gasteiger partial charge in [-0.2, -0.15) is 0 Å². The predicted octanol–water partition coefficient (Wildman–Crippen LogP) is -5.64. The Kier molecular flexibility index (Phi) is 15.1. The molecule has 0 saturated carbocycles. The monoisotopic (exact) mass is 665 g/mol. The van der Waals surface area contributed by atoms with Gasteiger partial charge in [0.2, 0.25) is 0 Å². The normalized spacial score (nSPS) is 36.1. The van der Waals surface area contributed by atoms with E-state index in [0.29, 0.717) is 0 Å². The number of anilines is 1. The molecule has 1 aromatic rings. The molecule has 0 aliphatic carbocycles. The molecule has 1 unspecified atom stereocenters. The van der Waals surface area contributed by atoms with E-state index in [0.717, 1.165) is 0 Å². The summed E-state index contributed by atoms with van der Waals surface area (Å²) in [5, 5.41) is 34.0. The standard InChI is InChI=1S/C24H38NO16P.K/c1-3-35-21-16(17(28)18(21)29)25-4-5-33-6-7-34-8-9-36-24-22(40-23-14(27)10-13(26)12(2)38-23)19(30)20-15(39-24)11-37-42(31,32)41-20;/h12-15,19-20,22-27,30H,3-11H2,1-2H3,(H,31,32);/q;+1/p-1/t12-,13-,14-,15+,19-,20-,22+,23-,24+;/m0./s1. The van der Waals surface area contributed by atoms with Crippen molar-refractivity contribution in [1.29, 1.82) is 0 Å². The van der Waals surface area contributed by atoms with Crippen molar-refractivity contribution in [3.63, 3.8) is 0 Å². The zero-order chi connectivity index (χ0) is 30.4. The first-order valence-electron chi connectivity index (χ1n) is 13.6. The molecule has 4 rings (SSSR count). The van der Waals surface area contributed by atoms with Crippen molar-refractivity contribution in [2.75, 3.05) is 58.1 Å². The second-order valence-corrected chi connectivity index (χ2v) is 11.2. The second-order valence-electron chi connectivity index (χ2n) is 9.84. The minimum Gasteiger partial charge on any atom is -0.756 e. The van der Waals surface area contributed by atoms with Crippen LogP contribution in [0.1, 0.15) is 20.3 Å². The molecule has 3 fully saturated rings. The largest absolute Gasteiger partial charge is 1.00 e. The molecule has 4 N–H and O–H groups in total. The first kappa shape index (κ1) is 37.5. The van der Waals surface area contributed by atoms with E-state index in [2.05, 4.69) is 9.84 Å². The van der Waals surface area contributed by atoms with E-state index < -0.39 is 80.6 Å². The molecule has 19 heteroatoms. The topological polar surface area (TPSA) is 230 Å². The Labute approximate surface area is 289 Å². The summed E-state index contributed by atoms with van der Waals surface area (Å²) in [4.78, 5) is 34.9. The number of rotatable bonds is 15. The van der Waals surface area contributed by atoms with Gasteiger partial charge in [0.15, 0.2) is 18.3 Å². The van der Waals surface area contributed by atoms with Crippen LogP contribution >= 0.6 is 7.82 Å². The summed E-state index contributed by atoms with van der Waals surface area (Å²) in [6, 6.07) is 0. The molecule has 3 heterocycles. The molecular weight excluding hydrogens is 628 g/mol. The van der Waals surface area contributed by atoms with E-state index in [1.165, 1.54) is 0 Å². The molecule has 10 atom stereocenters. The molecular formula is C24H37KNO16P. The molecule has 0 bridgehead atoms. The Bertz CT molecular complexity index is 1140. The summed E-state index contributed by atoms with van der Waals surface area (Å²) in [5.41, 5.74) is -1.12. The van der Waals surface area contributed by atoms with Crippen LogP contribution in [-0.2, 0) is 42.0 Å². The van der Waals surface area contributed by atoms with E-state index in [1.54, 1.807) is 13.8 Å². The number of phosphoric ester groups is 1. The number of nitrogens with one attached hydrogen (secondary N) is 1. The smallest absolute Gasteiger partial charge is 0.756 e. The molecule has 0 amide bonds. The van der Waals surface area contributed by atoms with Crippen LogP contribution in [0.3, 0.4) is 0 Å². The fourth-order valence-corrected chi connectivity index (χ4v) is 5.56. The molecule has 0 spiro atoms. The number of phosphoric acid groups is 1. The molecule has 3 aliphatic rings. The third-order valence-corrected chi connectivity index (χ3v) is 7.80. The summed E-state index contributed by atoms with van der Waals surface area (Å²) in [5.74, 6) is 0.0354. The Hall–Kier alpha value is 0.0664. The van der Waals surface area contributed by atoms with Crippen LogP contribution in [0.4, 0.5) is 5.69 Å². The molecule has 0 radical (unpaired) electrons. The van der Waals surface area contributed by atoms with Crippen molar-refractivity contribution in [1.82, 2.24) is 0 Å². The fourth-order valence-electron chi connectivity index (χ4n) is 4.61. The minimum absolute atomic E-state index is 0. The number of hydrogen-bond donors (Lipinski definition) is 4. The zero-order valence-corrected chi connectivity index (χ0v) is 28.2. The molecule has 1 aromatic carbocycles. The van der Waals surface area contributed by atoms with Gasteiger partial charge in [-0.1, -0.05) is 0 Å². The zero-order valence-electron chi connectivity index (χ0n) is 24.2. The van der Waals surface area contributed by atoms with E-state index >= 15 is 0 Å². The van der Waals surface area contributed by atoms with Crippen molar-refractivity contribution in [3.8, 4) is 5.75 Å². The van der Waals surface area contributed by atoms with Gasteiger partial charge in [-0.05, 0) is 13.8 Å². The summed E-state index contributed by atoms with van der Waals surface area (Å²) in [7, 11) is -4.66. The maximum atomic E-state index is 11.8. The van der Waals surface area contributed by atoms with Crippen LogP contribution in [0, 0.1) is 0 Å². The maximum absolute atomic E-state index is 11.8. The van der Waals surface area contributed by atoms with Gasteiger partial charge < -0.3 is 67.7 Å². The number of fused-ring (bicyclic) bond motifs is 1. The van der Waals surface area contributed by atoms with Gasteiger partial charge in [0, 0.05) is 13.0 Å². The van der Waals surface area contributed by atoms with Crippen LogP contribution in [0.2, 0.25) is 0 Å². The average Bonchev–Trinajstić information content (AvgIpc) is 2.95. The fraction of sp³-hybridized carbons (Fsp3) is 0.833. The van der Waals surface area contributed by atoms with Crippen molar-refractivity contribution >= 4 is 13.5 Å². The van der Waals surface area contributed by atoms with Crippen LogP contribution < -0.4 is 77.2 Å². The van der Waals surface area contributed by atoms with E-state index in [-0.39, 0.29) is 115 Å². The Balaban J connectivity index is 0.00000506. The second kappa shape index (κ2) is 17.3. The predicted molar refractivity (Wildman–Crippen MR) is 138 cm³/mol. The van der Waals surface area contributed by atoms with Crippen LogP contribution in [0.15, 0.2) is 9.59 Å². The summed E-state index contributed by atoms with van der Waals surface area (Å²) < 4.78 is 60.3. The summed E-state index contributed by atoms with van der Waals surface area (Å²) in [6.45, 7) is 4.19. The Morgan fingerprint density at radius 2 is 1.70 bits per heavy atom. The Morgan fingerprint density at radius 1 is 1.00 bits per heavy atom. The molecule has 240 valence electrons. The Morgan fingerprint density at radius 3 is 2.42 bits per heavy atom. The molecule has 43 heavy (non-hydrogen) atoms. The van der Waals surface area contributed by atoms with Gasteiger partial charge in [0.25, 0.3) is 18.7 Å². The number of ether oxygens (including phenoxy) is 7. The van der Waals surface area contributed by atoms with Gasteiger partial charge >= 0.3 is 51.4 Å². The van der Waals surface area contributed by atoms with Crippen molar-refractivity contribution in [2.45, 2.75) is 75.6 Å². The maximum Gasteiger partial charge on any atom is 1.00 e. The van der Waals surface area contributed by atoms with Crippen molar-refractivity contribution in [2.24, 2.45) is 0 Å². The van der Waals surface area contributed by atoms with Crippen LogP contribution in [-0.4, -0.2) is 123 Å². The average molecular weight is 666 g/mol. The molecule has 0 aromatic heterocycles. The van der Waals surface area contributed by atoms with Gasteiger partial charge in [0.05, 0.1) is 58.5 Å². The molecule has 17 nitrogen and oxygen atoms in total. The van der Waals surface area contributed by atoms with Crippen LogP contribution in [0.25, 0.3) is 0 Å². The SMILES string of the molecule is CCOc1c(NCCOCCOCCO[C@@H]2O[C@@H]3COP(=O)([O-])O[C@@H]3[C@H](O)[C@H]2O[C@@H]2O[C@@H](C)[C@@H](O)C[C@@H]2O)c(=O)c1=O.[K+]. The van der Waals surface area contributed by atoms with E-state index in [9.17, 15) is 34.4 Å². The van der Waals surface area contributed by atoms with E-state index in [1.807, 2.05) is 0 Å². The first-order chi connectivity index (χ1) is 20.0. The quantitative estimate of drug-likeness (QED) is 0.0592. The molecule has 3 saturated heterocycles. The van der Waals surface area contributed by atoms with Gasteiger partial charge in [-0.25, -0.2) is 0 Å². The van der Waals surface area contributed by atoms with Crippen molar-refractivity contribution < 1.29 is 118 Å². The summed E-state index contributed by atoms with van der Waals surface area (Å²) >= 11 is 0. The third kappa shape index (κ3) is 9.79. The van der Waals surface area contributed by atoms with Gasteiger partial charge in [-0.15, -0.1) is 0 Å². The van der Waals surface area contributed by atoms with Crippen LogP contribution in [0.5, 0.6) is 5.75 Å². The third-order valence-electron chi connectivity index (χ3n) is 6.83.